The molecule has 0 N–H and O–H groups in total. The molecule has 156 valence electrons. The standard InChI is InChI=1S/C24H17BrClNO4/c1-29-21-13-15(11-18(25)22(21)30-14-17-9-5-6-10-19(17)26)12-20-24(28)31-23(27-20)16-7-3-2-4-8-16/h2-13H,14H2,1H3/b20-12-. The molecular weight excluding hydrogens is 482 g/mol. The van der Waals surface area contributed by atoms with Crippen molar-refractivity contribution >= 4 is 45.5 Å². The molecule has 0 saturated heterocycles. The van der Waals surface area contributed by atoms with Crippen molar-refractivity contribution in [2.24, 2.45) is 4.99 Å². The molecule has 0 amide bonds. The summed E-state index contributed by atoms with van der Waals surface area (Å²) in [6.07, 6.45) is 1.64. The Kier molecular flexibility index (Phi) is 6.39. The number of esters is 1. The van der Waals surface area contributed by atoms with E-state index in [4.69, 9.17) is 25.8 Å². The van der Waals surface area contributed by atoms with Crippen LogP contribution in [0.1, 0.15) is 16.7 Å². The van der Waals surface area contributed by atoms with Crippen LogP contribution in [0.5, 0.6) is 11.5 Å². The summed E-state index contributed by atoms with van der Waals surface area (Å²) in [5, 5.41) is 0.630. The number of carbonyl (C=O) groups is 1. The monoisotopic (exact) mass is 497 g/mol. The van der Waals surface area contributed by atoms with E-state index in [0.29, 0.717) is 26.6 Å². The number of cyclic esters (lactones) is 1. The molecule has 7 heteroatoms. The Morgan fingerprint density at radius 2 is 1.84 bits per heavy atom. The molecule has 0 spiro atoms. The number of benzene rings is 3. The molecule has 0 aromatic heterocycles. The van der Waals surface area contributed by atoms with Crippen LogP contribution in [-0.4, -0.2) is 19.0 Å². The average molecular weight is 499 g/mol. The van der Waals surface area contributed by atoms with Gasteiger partial charge in [0.15, 0.2) is 17.2 Å². The van der Waals surface area contributed by atoms with Gasteiger partial charge in [0.05, 0.1) is 11.6 Å². The average Bonchev–Trinajstić information content (AvgIpc) is 3.14. The first-order valence-corrected chi connectivity index (χ1v) is 10.5. The Bertz CT molecular complexity index is 1190. The fourth-order valence-corrected chi connectivity index (χ4v) is 3.76. The summed E-state index contributed by atoms with van der Waals surface area (Å²) < 4.78 is 17.4. The first kappa shape index (κ1) is 21.2. The molecule has 31 heavy (non-hydrogen) atoms. The number of aliphatic imine (C=N–C) groups is 1. The summed E-state index contributed by atoms with van der Waals surface area (Å²) in [6.45, 7) is 0.284. The van der Waals surface area contributed by atoms with Crippen LogP contribution >= 0.6 is 27.5 Å². The van der Waals surface area contributed by atoms with Crippen molar-refractivity contribution in [3.63, 3.8) is 0 Å². The molecule has 0 atom stereocenters. The van der Waals surface area contributed by atoms with E-state index in [-0.39, 0.29) is 18.2 Å². The number of rotatable bonds is 6. The van der Waals surface area contributed by atoms with E-state index in [1.54, 1.807) is 19.3 Å². The number of ether oxygens (including phenoxy) is 3. The maximum atomic E-state index is 12.3. The summed E-state index contributed by atoms with van der Waals surface area (Å²) in [7, 11) is 1.55. The van der Waals surface area contributed by atoms with Gasteiger partial charge in [0, 0.05) is 16.1 Å². The lowest BCUT2D eigenvalue weighted by atomic mass is 10.1. The van der Waals surface area contributed by atoms with Crippen LogP contribution in [0, 0.1) is 0 Å². The quantitative estimate of drug-likeness (QED) is 0.307. The Hall–Kier alpha value is -3.09. The van der Waals surface area contributed by atoms with E-state index in [1.807, 2.05) is 60.7 Å². The summed E-state index contributed by atoms with van der Waals surface area (Å²) in [5.74, 6) is 0.814. The predicted molar refractivity (Wildman–Crippen MR) is 124 cm³/mol. The van der Waals surface area contributed by atoms with Gasteiger partial charge in [-0.05, 0) is 57.9 Å². The highest BCUT2D eigenvalue weighted by atomic mass is 79.9. The van der Waals surface area contributed by atoms with Gasteiger partial charge in [-0.1, -0.05) is 48.0 Å². The van der Waals surface area contributed by atoms with Gasteiger partial charge >= 0.3 is 5.97 Å². The molecule has 0 aliphatic carbocycles. The van der Waals surface area contributed by atoms with Crippen molar-refractivity contribution in [3.05, 3.63) is 98.6 Å². The maximum absolute atomic E-state index is 12.3. The van der Waals surface area contributed by atoms with Gasteiger partial charge in [-0.2, -0.15) is 0 Å². The highest BCUT2D eigenvalue weighted by Gasteiger charge is 2.24. The molecule has 1 aliphatic rings. The second kappa shape index (κ2) is 9.37. The van der Waals surface area contributed by atoms with Crippen LogP contribution in [0.2, 0.25) is 5.02 Å². The van der Waals surface area contributed by atoms with Gasteiger partial charge in [-0.25, -0.2) is 9.79 Å². The predicted octanol–water partition coefficient (Wildman–Crippen LogP) is 6.03. The van der Waals surface area contributed by atoms with Crippen LogP contribution in [0.15, 0.2) is 81.9 Å². The number of halogens is 2. The molecule has 1 aliphatic heterocycles. The summed E-state index contributed by atoms with van der Waals surface area (Å²) in [6, 6.07) is 20.3. The number of nitrogens with zero attached hydrogens (tertiary/aromatic N) is 1. The van der Waals surface area contributed by atoms with Gasteiger partial charge in [0.2, 0.25) is 5.90 Å². The van der Waals surface area contributed by atoms with Gasteiger partial charge in [0.25, 0.3) is 0 Å². The molecule has 0 radical (unpaired) electrons. The van der Waals surface area contributed by atoms with Crippen molar-refractivity contribution < 1.29 is 19.0 Å². The number of hydrogen-bond acceptors (Lipinski definition) is 5. The Morgan fingerprint density at radius 3 is 2.58 bits per heavy atom. The highest BCUT2D eigenvalue weighted by Crippen LogP contribution is 2.38. The fraction of sp³-hybridized carbons (Fsp3) is 0.0833. The zero-order chi connectivity index (χ0) is 21.8. The minimum atomic E-state index is -0.506. The first-order valence-electron chi connectivity index (χ1n) is 9.37. The Balaban J connectivity index is 1.60. The molecule has 5 nitrogen and oxygen atoms in total. The third kappa shape index (κ3) is 4.81. The number of carbonyl (C=O) groups excluding carboxylic acids is 1. The van der Waals surface area contributed by atoms with Gasteiger partial charge in [-0.3, -0.25) is 0 Å². The largest absolute Gasteiger partial charge is 0.493 e. The minimum Gasteiger partial charge on any atom is -0.493 e. The van der Waals surface area contributed by atoms with E-state index in [0.717, 1.165) is 11.1 Å². The smallest absolute Gasteiger partial charge is 0.363 e. The molecule has 0 bridgehead atoms. The zero-order valence-electron chi connectivity index (χ0n) is 16.5. The van der Waals surface area contributed by atoms with Crippen LogP contribution in [0.3, 0.4) is 0 Å². The zero-order valence-corrected chi connectivity index (χ0v) is 18.8. The SMILES string of the molecule is COc1cc(/C=C2\N=C(c3ccccc3)OC2=O)cc(Br)c1OCc1ccccc1Cl. The molecule has 3 aromatic carbocycles. The molecule has 0 fully saturated rings. The number of methoxy groups -OCH3 is 1. The molecule has 0 unspecified atom stereocenters. The molecule has 0 saturated carbocycles. The van der Waals surface area contributed by atoms with Gasteiger partial charge < -0.3 is 14.2 Å². The normalized spacial score (nSPS) is 14.4. The van der Waals surface area contributed by atoms with E-state index >= 15 is 0 Å². The second-order valence-electron chi connectivity index (χ2n) is 6.62. The van der Waals surface area contributed by atoms with Crippen LogP contribution in [-0.2, 0) is 16.1 Å². The van der Waals surface area contributed by atoms with Crippen LogP contribution < -0.4 is 9.47 Å². The summed E-state index contributed by atoms with van der Waals surface area (Å²) in [5.41, 5.74) is 2.51. The summed E-state index contributed by atoms with van der Waals surface area (Å²) in [4.78, 5) is 16.6. The van der Waals surface area contributed by atoms with Gasteiger partial charge in [0.1, 0.15) is 6.61 Å². The van der Waals surface area contributed by atoms with Crippen molar-refractivity contribution in [1.82, 2.24) is 0 Å². The first-order chi connectivity index (χ1) is 15.0. The topological polar surface area (TPSA) is 57.1 Å². The molecule has 1 heterocycles. The Morgan fingerprint density at radius 1 is 1.10 bits per heavy atom. The highest BCUT2D eigenvalue weighted by molar-refractivity contribution is 9.10. The fourth-order valence-electron chi connectivity index (χ4n) is 3.00. The van der Waals surface area contributed by atoms with E-state index in [1.165, 1.54) is 0 Å². The van der Waals surface area contributed by atoms with Crippen molar-refractivity contribution in [2.75, 3.05) is 7.11 Å². The van der Waals surface area contributed by atoms with Gasteiger partial charge in [-0.15, -0.1) is 0 Å². The second-order valence-corrected chi connectivity index (χ2v) is 7.88. The Labute approximate surface area is 193 Å². The van der Waals surface area contributed by atoms with Crippen molar-refractivity contribution in [1.29, 1.82) is 0 Å². The molecule has 3 aromatic rings. The van der Waals surface area contributed by atoms with E-state index < -0.39 is 5.97 Å². The molecule has 4 rings (SSSR count). The van der Waals surface area contributed by atoms with E-state index in [2.05, 4.69) is 20.9 Å². The molecular formula is C24H17BrClNO4. The minimum absolute atomic E-state index is 0.206. The van der Waals surface area contributed by atoms with Crippen LogP contribution in [0.4, 0.5) is 0 Å². The third-order valence-corrected chi connectivity index (χ3v) is 5.48. The van der Waals surface area contributed by atoms with E-state index in [9.17, 15) is 4.79 Å². The lowest BCUT2D eigenvalue weighted by Gasteiger charge is -2.14. The maximum Gasteiger partial charge on any atom is 0.363 e. The van der Waals surface area contributed by atoms with Crippen molar-refractivity contribution in [3.8, 4) is 11.5 Å². The summed E-state index contributed by atoms with van der Waals surface area (Å²) >= 11 is 9.73. The lowest BCUT2D eigenvalue weighted by molar-refractivity contribution is -0.129. The lowest BCUT2D eigenvalue weighted by Crippen LogP contribution is -2.05. The third-order valence-electron chi connectivity index (χ3n) is 4.53. The van der Waals surface area contributed by atoms with Crippen LogP contribution in [0.25, 0.3) is 6.08 Å². The van der Waals surface area contributed by atoms with Crippen molar-refractivity contribution in [2.45, 2.75) is 6.61 Å². The number of hydrogen-bond donors (Lipinski definition) is 0.